The highest BCUT2D eigenvalue weighted by molar-refractivity contribution is 7.89. The minimum Gasteiger partial charge on any atom is -0.326 e. The molecule has 1 aromatic rings. The van der Waals surface area contributed by atoms with Gasteiger partial charge in [0, 0.05) is 19.1 Å². The Bertz CT molecular complexity index is 542. The lowest BCUT2D eigenvalue weighted by Crippen LogP contribution is -2.44. The van der Waals surface area contributed by atoms with Gasteiger partial charge in [0.1, 0.15) is 0 Å². The second-order valence-corrected chi connectivity index (χ2v) is 7.27. The van der Waals surface area contributed by atoms with Crippen LogP contribution in [0.2, 0.25) is 0 Å². The zero-order chi connectivity index (χ0) is 14.0. The van der Waals surface area contributed by atoms with Crippen molar-refractivity contribution in [1.29, 1.82) is 0 Å². The standard InChI is InChI=1S/C14H22N2O2S/c1-11-7-8-16(12(2)9-11)19(17,18)14-6-4-3-5-13(14)10-15/h3-6,11-12H,7-10,15H2,1-2H3. The highest BCUT2D eigenvalue weighted by Crippen LogP contribution is 2.29. The zero-order valence-corrected chi connectivity index (χ0v) is 12.4. The van der Waals surface area contributed by atoms with Crippen LogP contribution in [0.25, 0.3) is 0 Å². The number of nitrogens with zero attached hydrogens (tertiary/aromatic N) is 1. The van der Waals surface area contributed by atoms with Crippen molar-refractivity contribution < 1.29 is 8.42 Å². The molecule has 1 heterocycles. The molecule has 0 saturated carbocycles. The van der Waals surface area contributed by atoms with E-state index >= 15 is 0 Å². The van der Waals surface area contributed by atoms with Gasteiger partial charge in [0.2, 0.25) is 10.0 Å². The van der Waals surface area contributed by atoms with Gasteiger partial charge < -0.3 is 5.73 Å². The maximum Gasteiger partial charge on any atom is 0.243 e. The van der Waals surface area contributed by atoms with Crippen molar-refractivity contribution in [2.24, 2.45) is 11.7 Å². The average Bonchev–Trinajstić information content (AvgIpc) is 2.38. The summed E-state index contributed by atoms with van der Waals surface area (Å²) in [6.07, 6.45) is 1.85. The van der Waals surface area contributed by atoms with Gasteiger partial charge >= 0.3 is 0 Å². The molecule has 0 bridgehead atoms. The fraction of sp³-hybridized carbons (Fsp3) is 0.571. The van der Waals surface area contributed by atoms with Crippen LogP contribution < -0.4 is 5.73 Å². The summed E-state index contributed by atoms with van der Waals surface area (Å²) in [6, 6.07) is 7.07. The van der Waals surface area contributed by atoms with Crippen LogP contribution in [0.15, 0.2) is 29.2 Å². The van der Waals surface area contributed by atoms with E-state index in [2.05, 4.69) is 6.92 Å². The monoisotopic (exact) mass is 282 g/mol. The number of rotatable bonds is 3. The van der Waals surface area contributed by atoms with Gasteiger partial charge in [0.15, 0.2) is 0 Å². The first-order valence-electron chi connectivity index (χ1n) is 6.76. The van der Waals surface area contributed by atoms with E-state index in [0.717, 1.165) is 12.8 Å². The average molecular weight is 282 g/mol. The minimum absolute atomic E-state index is 0.0552. The Labute approximate surface area is 115 Å². The van der Waals surface area contributed by atoms with Crippen molar-refractivity contribution in [3.63, 3.8) is 0 Å². The first-order valence-corrected chi connectivity index (χ1v) is 8.20. The largest absolute Gasteiger partial charge is 0.326 e. The number of sulfonamides is 1. The highest BCUT2D eigenvalue weighted by Gasteiger charge is 2.34. The van der Waals surface area contributed by atoms with Crippen LogP contribution in [0.5, 0.6) is 0 Å². The summed E-state index contributed by atoms with van der Waals surface area (Å²) < 4.78 is 27.1. The van der Waals surface area contributed by atoms with Gasteiger partial charge in [-0.3, -0.25) is 0 Å². The fourth-order valence-electron chi connectivity index (χ4n) is 2.79. The van der Waals surface area contributed by atoms with E-state index in [-0.39, 0.29) is 12.6 Å². The third-order valence-electron chi connectivity index (χ3n) is 3.86. The van der Waals surface area contributed by atoms with Gasteiger partial charge in [0.05, 0.1) is 4.90 Å². The zero-order valence-electron chi connectivity index (χ0n) is 11.5. The molecule has 2 unspecified atom stereocenters. The summed E-state index contributed by atoms with van der Waals surface area (Å²) in [5.74, 6) is 0.589. The Morgan fingerprint density at radius 2 is 2.00 bits per heavy atom. The van der Waals surface area contributed by atoms with Crippen LogP contribution in [0, 0.1) is 5.92 Å². The Morgan fingerprint density at radius 3 is 2.63 bits per heavy atom. The van der Waals surface area contributed by atoms with E-state index in [1.54, 1.807) is 22.5 Å². The van der Waals surface area contributed by atoms with Gasteiger partial charge in [-0.1, -0.05) is 25.1 Å². The maximum absolute atomic E-state index is 12.8. The van der Waals surface area contributed by atoms with Gasteiger partial charge in [-0.15, -0.1) is 0 Å². The van der Waals surface area contributed by atoms with Crippen LogP contribution >= 0.6 is 0 Å². The van der Waals surface area contributed by atoms with E-state index < -0.39 is 10.0 Å². The quantitative estimate of drug-likeness (QED) is 0.921. The van der Waals surface area contributed by atoms with Gasteiger partial charge in [0.25, 0.3) is 0 Å². The molecular weight excluding hydrogens is 260 g/mol. The van der Waals surface area contributed by atoms with Crippen molar-refractivity contribution in [2.45, 2.75) is 44.2 Å². The lowest BCUT2D eigenvalue weighted by molar-refractivity contribution is 0.220. The summed E-state index contributed by atoms with van der Waals surface area (Å²) in [5.41, 5.74) is 6.34. The molecule has 106 valence electrons. The molecule has 0 radical (unpaired) electrons. The van der Waals surface area contributed by atoms with Gasteiger partial charge in [-0.2, -0.15) is 4.31 Å². The van der Waals surface area contributed by atoms with Gasteiger partial charge in [-0.25, -0.2) is 8.42 Å². The third kappa shape index (κ3) is 2.83. The summed E-state index contributed by atoms with van der Waals surface area (Å²) in [7, 11) is -3.42. The number of piperidine rings is 1. The Hall–Kier alpha value is -0.910. The van der Waals surface area contributed by atoms with Crippen LogP contribution in [-0.2, 0) is 16.6 Å². The summed E-state index contributed by atoms with van der Waals surface area (Å²) in [4.78, 5) is 0.360. The highest BCUT2D eigenvalue weighted by atomic mass is 32.2. The minimum atomic E-state index is -3.42. The molecule has 2 rings (SSSR count). The molecule has 2 atom stereocenters. The smallest absolute Gasteiger partial charge is 0.243 e. The lowest BCUT2D eigenvalue weighted by Gasteiger charge is -2.35. The predicted molar refractivity (Wildman–Crippen MR) is 76.1 cm³/mol. The molecule has 0 aliphatic carbocycles. The second-order valence-electron chi connectivity index (χ2n) is 5.41. The molecule has 5 heteroatoms. The second kappa shape index (κ2) is 5.61. The molecule has 2 N–H and O–H groups in total. The number of hydrogen-bond donors (Lipinski definition) is 1. The summed E-state index contributed by atoms with van der Waals surface area (Å²) in [6.45, 7) is 5.00. The summed E-state index contributed by atoms with van der Waals surface area (Å²) >= 11 is 0. The Kier molecular flexibility index (Phi) is 4.28. The number of hydrogen-bond acceptors (Lipinski definition) is 3. The molecule has 1 aromatic carbocycles. The third-order valence-corrected chi connectivity index (χ3v) is 5.97. The number of nitrogens with two attached hydrogens (primary N) is 1. The Morgan fingerprint density at radius 1 is 1.32 bits per heavy atom. The predicted octanol–water partition coefficient (Wildman–Crippen LogP) is 1.95. The summed E-state index contributed by atoms with van der Waals surface area (Å²) in [5, 5.41) is 0. The van der Waals surface area contributed by atoms with Crippen LogP contribution in [0.4, 0.5) is 0 Å². The number of benzene rings is 1. The normalized spacial score (nSPS) is 25.4. The van der Waals surface area contributed by atoms with Crippen molar-refractivity contribution in [3.8, 4) is 0 Å². The van der Waals surface area contributed by atoms with Crippen molar-refractivity contribution in [3.05, 3.63) is 29.8 Å². The fourth-order valence-corrected chi connectivity index (χ4v) is 4.68. The molecule has 19 heavy (non-hydrogen) atoms. The van der Waals surface area contributed by atoms with Crippen molar-refractivity contribution >= 4 is 10.0 Å². The molecule has 1 aliphatic heterocycles. The van der Waals surface area contributed by atoms with Crippen LogP contribution in [0.3, 0.4) is 0 Å². The first-order chi connectivity index (χ1) is 8.96. The van der Waals surface area contributed by atoms with Crippen molar-refractivity contribution in [2.75, 3.05) is 6.54 Å². The maximum atomic E-state index is 12.8. The topological polar surface area (TPSA) is 63.4 Å². The van der Waals surface area contributed by atoms with Crippen LogP contribution in [-0.4, -0.2) is 25.3 Å². The van der Waals surface area contributed by atoms with E-state index in [4.69, 9.17) is 5.73 Å². The van der Waals surface area contributed by atoms with Gasteiger partial charge in [-0.05, 0) is 37.3 Å². The van der Waals surface area contributed by atoms with E-state index in [1.807, 2.05) is 13.0 Å². The molecule has 0 amide bonds. The molecule has 1 fully saturated rings. The Balaban J connectivity index is 2.37. The van der Waals surface area contributed by atoms with Crippen molar-refractivity contribution in [1.82, 2.24) is 4.31 Å². The van der Waals surface area contributed by atoms with E-state index in [9.17, 15) is 8.42 Å². The van der Waals surface area contributed by atoms with Crippen LogP contribution in [0.1, 0.15) is 32.3 Å². The molecular formula is C14H22N2O2S. The van der Waals surface area contributed by atoms with E-state index in [0.29, 0.717) is 22.9 Å². The van der Waals surface area contributed by atoms with E-state index in [1.165, 1.54) is 0 Å². The molecule has 4 nitrogen and oxygen atoms in total. The SMILES string of the molecule is CC1CCN(S(=O)(=O)c2ccccc2CN)C(C)C1. The lowest BCUT2D eigenvalue weighted by atomic mass is 9.95. The first kappa shape index (κ1) is 14.5. The molecule has 1 saturated heterocycles. The molecule has 1 aliphatic rings. The molecule has 0 aromatic heterocycles. The molecule has 0 spiro atoms.